The summed E-state index contributed by atoms with van der Waals surface area (Å²) in [5.74, 6) is -0.275. The summed E-state index contributed by atoms with van der Waals surface area (Å²) in [7, 11) is -8.05. The summed E-state index contributed by atoms with van der Waals surface area (Å²) >= 11 is 0. The van der Waals surface area contributed by atoms with Crippen LogP contribution in [-0.4, -0.2) is 47.6 Å². The molecule has 39 heavy (non-hydrogen) atoms. The van der Waals surface area contributed by atoms with Gasteiger partial charge in [-0.25, -0.2) is 26.8 Å². The maximum Gasteiger partial charge on any atom is 0.501 e. The first-order chi connectivity index (χ1) is 18.2. The molecule has 0 atom stereocenters. The summed E-state index contributed by atoms with van der Waals surface area (Å²) in [6.45, 7) is 1.46. The van der Waals surface area contributed by atoms with Gasteiger partial charge in [-0.3, -0.25) is 4.98 Å². The van der Waals surface area contributed by atoms with E-state index in [0.717, 1.165) is 24.5 Å². The number of imidazole rings is 1. The molecular formula is C25H20F3N5O4S2. The Morgan fingerprint density at radius 3 is 2.26 bits per heavy atom. The number of nitrogens with zero attached hydrogens (tertiary/aromatic N) is 5. The fraction of sp³-hybridized carbons (Fsp3) is 0.280. The molecule has 3 heterocycles. The minimum atomic E-state index is -5.66. The second kappa shape index (κ2) is 8.85. The lowest BCUT2D eigenvalue weighted by Gasteiger charge is -2.12. The predicted molar refractivity (Wildman–Crippen MR) is 135 cm³/mol. The first-order valence-electron chi connectivity index (χ1n) is 11.6. The first kappa shape index (κ1) is 26.8. The van der Waals surface area contributed by atoms with Crippen LogP contribution in [0.2, 0.25) is 0 Å². The number of nitriles is 1. The molecule has 3 aromatic heterocycles. The number of pyridine rings is 2. The fourth-order valence-electron chi connectivity index (χ4n) is 4.28. The van der Waals surface area contributed by atoms with Gasteiger partial charge in [0, 0.05) is 25.0 Å². The van der Waals surface area contributed by atoms with Crippen LogP contribution < -0.4 is 0 Å². The first-order valence-corrected chi connectivity index (χ1v) is 14.8. The molecule has 0 unspecified atom stereocenters. The lowest BCUT2D eigenvalue weighted by atomic mass is 9.95. The van der Waals surface area contributed by atoms with E-state index in [-0.39, 0.29) is 33.3 Å². The summed E-state index contributed by atoms with van der Waals surface area (Å²) in [6.07, 6.45) is 3.60. The third kappa shape index (κ3) is 4.35. The van der Waals surface area contributed by atoms with Crippen LogP contribution in [0.3, 0.4) is 0 Å². The maximum atomic E-state index is 13.1. The highest BCUT2D eigenvalue weighted by Crippen LogP contribution is 2.47. The highest BCUT2D eigenvalue weighted by atomic mass is 32.2. The van der Waals surface area contributed by atoms with Crippen LogP contribution in [0.1, 0.15) is 25.3 Å². The zero-order valence-electron chi connectivity index (χ0n) is 20.6. The monoisotopic (exact) mass is 575 g/mol. The van der Waals surface area contributed by atoms with Crippen molar-refractivity contribution < 1.29 is 30.0 Å². The largest absolute Gasteiger partial charge is 0.501 e. The Labute approximate surface area is 221 Å². The number of fused-ring (bicyclic) bond motifs is 1. The quantitative estimate of drug-likeness (QED) is 0.331. The average Bonchev–Trinajstić information content (AvgIpc) is 3.65. The Morgan fingerprint density at radius 1 is 1.03 bits per heavy atom. The lowest BCUT2D eigenvalue weighted by molar-refractivity contribution is -0.0436. The minimum Gasteiger partial charge on any atom is -0.310 e. The predicted octanol–water partition coefficient (Wildman–Crippen LogP) is 4.34. The van der Waals surface area contributed by atoms with Crippen LogP contribution in [0.4, 0.5) is 13.2 Å². The highest BCUT2D eigenvalue weighted by Gasteiger charge is 2.47. The summed E-state index contributed by atoms with van der Waals surface area (Å²) < 4.78 is 90.3. The Hall–Kier alpha value is -3.83. The molecule has 1 saturated carbocycles. The van der Waals surface area contributed by atoms with E-state index in [1.54, 1.807) is 12.1 Å². The van der Waals surface area contributed by atoms with Gasteiger partial charge in [0.15, 0.2) is 21.3 Å². The number of sulfone groups is 2. The van der Waals surface area contributed by atoms with Gasteiger partial charge in [-0.1, -0.05) is 31.2 Å². The molecule has 0 spiro atoms. The number of rotatable bonds is 6. The van der Waals surface area contributed by atoms with Crippen molar-refractivity contribution in [2.45, 2.75) is 40.5 Å². The van der Waals surface area contributed by atoms with Gasteiger partial charge in [0.05, 0.1) is 27.0 Å². The van der Waals surface area contributed by atoms with Gasteiger partial charge >= 0.3 is 5.51 Å². The normalized spacial score (nSPS) is 15.3. The third-order valence-corrected chi connectivity index (χ3v) is 10.0. The fourth-order valence-corrected chi connectivity index (χ4v) is 6.07. The van der Waals surface area contributed by atoms with Gasteiger partial charge in [0.25, 0.3) is 9.84 Å². The minimum absolute atomic E-state index is 0.0160. The van der Waals surface area contributed by atoms with Gasteiger partial charge in [-0.05, 0) is 36.1 Å². The molecule has 0 amide bonds. The van der Waals surface area contributed by atoms with E-state index >= 15 is 0 Å². The number of alkyl halides is 3. The van der Waals surface area contributed by atoms with Crippen LogP contribution in [0.15, 0.2) is 58.6 Å². The number of halogens is 3. The zero-order chi connectivity index (χ0) is 28.4. The van der Waals surface area contributed by atoms with Crippen LogP contribution >= 0.6 is 0 Å². The van der Waals surface area contributed by atoms with Crippen molar-refractivity contribution in [2.24, 2.45) is 7.05 Å². The molecule has 1 aliphatic carbocycles. The van der Waals surface area contributed by atoms with E-state index in [2.05, 4.69) is 21.0 Å². The van der Waals surface area contributed by atoms with Gasteiger partial charge in [-0.2, -0.15) is 18.4 Å². The molecule has 0 N–H and O–H groups in total. The standard InChI is InChI=1S/C25H20F3N5O4S2/c1-3-38(34,35)20-10-16(15-4-6-17(7-5-15)24(14-29)8-9-24)12-30-21(20)23-32-19-11-18(13-31-22(19)33(23)2)39(36,37)25(26,27)28/h4-7,10-13H,3,8-9H2,1-2H3. The van der Waals surface area contributed by atoms with E-state index in [1.165, 1.54) is 30.8 Å². The Morgan fingerprint density at radius 2 is 1.69 bits per heavy atom. The van der Waals surface area contributed by atoms with E-state index in [4.69, 9.17) is 0 Å². The highest BCUT2D eigenvalue weighted by molar-refractivity contribution is 7.92. The van der Waals surface area contributed by atoms with E-state index < -0.39 is 35.5 Å². The summed E-state index contributed by atoms with van der Waals surface area (Å²) in [5, 5.41) is 9.43. The van der Waals surface area contributed by atoms with Crippen LogP contribution in [0, 0.1) is 11.3 Å². The SMILES string of the molecule is CCS(=O)(=O)c1cc(-c2ccc(C3(C#N)CC3)cc2)cnc1-c1nc2cc(S(=O)(=O)C(F)(F)F)cnc2n1C. The molecule has 202 valence electrons. The van der Waals surface area contributed by atoms with Crippen LogP contribution in [0.5, 0.6) is 0 Å². The molecular weight excluding hydrogens is 555 g/mol. The van der Waals surface area contributed by atoms with Crippen molar-refractivity contribution in [1.82, 2.24) is 19.5 Å². The van der Waals surface area contributed by atoms with Crippen LogP contribution in [0.25, 0.3) is 33.8 Å². The third-order valence-electron chi connectivity index (χ3n) is 6.81. The number of benzene rings is 1. The lowest BCUT2D eigenvalue weighted by Crippen LogP contribution is -2.23. The summed E-state index contributed by atoms with van der Waals surface area (Å²) in [6, 6.07) is 11.7. The molecule has 0 bridgehead atoms. The Balaban J connectivity index is 1.63. The Kier molecular flexibility index (Phi) is 6.07. The Bertz CT molecular complexity index is 1890. The second-order valence-corrected chi connectivity index (χ2v) is 13.4. The summed E-state index contributed by atoms with van der Waals surface area (Å²) in [4.78, 5) is 11.2. The van der Waals surface area contributed by atoms with E-state index in [9.17, 15) is 35.3 Å². The van der Waals surface area contributed by atoms with Crippen molar-refractivity contribution in [2.75, 3.05) is 5.75 Å². The molecule has 5 rings (SSSR count). The number of aryl methyl sites for hydroxylation is 1. The summed E-state index contributed by atoms with van der Waals surface area (Å²) in [5.41, 5.74) is -4.12. The number of hydrogen-bond donors (Lipinski definition) is 0. The van der Waals surface area contributed by atoms with Gasteiger partial charge in [0.2, 0.25) is 0 Å². The molecule has 0 radical (unpaired) electrons. The van der Waals surface area contributed by atoms with Crippen molar-refractivity contribution in [3.05, 3.63) is 54.4 Å². The zero-order valence-corrected chi connectivity index (χ0v) is 22.2. The smallest absolute Gasteiger partial charge is 0.310 e. The molecule has 9 nitrogen and oxygen atoms in total. The molecule has 4 aromatic rings. The molecule has 1 fully saturated rings. The van der Waals surface area contributed by atoms with Crippen molar-refractivity contribution in [3.8, 4) is 28.7 Å². The number of aromatic nitrogens is 4. The average molecular weight is 576 g/mol. The number of hydrogen-bond acceptors (Lipinski definition) is 8. The second-order valence-electron chi connectivity index (χ2n) is 9.20. The molecule has 1 aromatic carbocycles. The van der Waals surface area contributed by atoms with Crippen LogP contribution in [-0.2, 0) is 32.1 Å². The topological polar surface area (TPSA) is 136 Å². The molecule has 1 aliphatic rings. The maximum absolute atomic E-state index is 13.1. The van der Waals surface area contributed by atoms with Crippen molar-refractivity contribution in [1.29, 1.82) is 5.26 Å². The van der Waals surface area contributed by atoms with Crippen molar-refractivity contribution >= 4 is 30.8 Å². The molecule has 0 saturated heterocycles. The van der Waals surface area contributed by atoms with Crippen molar-refractivity contribution in [3.63, 3.8) is 0 Å². The van der Waals surface area contributed by atoms with Gasteiger partial charge in [0.1, 0.15) is 11.2 Å². The molecule has 0 aliphatic heterocycles. The molecule has 14 heteroatoms. The van der Waals surface area contributed by atoms with Gasteiger partial charge in [-0.15, -0.1) is 0 Å². The van der Waals surface area contributed by atoms with E-state index in [1.807, 2.05) is 12.1 Å². The van der Waals surface area contributed by atoms with E-state index in [0.29, 0.717) is 17.3 Å². The van der Waals surface area contributed by atoms with Gasteiger partial charge < -0.3 is 4.57 Å².